The highest BCUT2D eigenvalue weighted by atomic mass is 16.7. The van der Waals surface area contributed by atoms with Gasteiger partial charge < -0.3 is 19.5 Å². The van der Waals surface area contributed by atoms with Gasteiger partial charge in [-0.2, -0.15) is 0 Å². The predicted molar refractivity (Wildman–Crippen MR) is 115 cm³/mol. The van der Waals surface area contributed by atoms with E-state index >= 15 is 0 Å². The first-order chi connectivity index (χ1) is 14.6. The van der Waals surface area contributed by atoms with E-state index in [-0.39, 0.29) is 5.78 Å². The summed E-state index contributed by atoms with van der Waals surface area (Å²) in [6.07, 6.45) is 8.02. The Morgan fingerprint density at radius 2 is 1.77 bits per heavy atom. The fourth-order valence-corrected chi connectivity index (χ4v) is 5.32. The molecule has 6 heteroatoms. The molecule has 1 saturated heterocycles. The zero-order valence-corrected chi connectivity index (χ0v) is 17.9. The molecule has 3 fully saturated rings. The lowest BCUT2D eigenvalue weighted by Crippen LogP contribution is -2.47. The number of aliphatic hydroxyl groups is 1. The summed E-state index contributed by atoms with van der Waals surface area (Å²) in [5.41, 5.74) is 0.228. The summed E-state index contributed by atoms with van der Waals surface area (Å²) in [6, 6.07) is 6.15. The van der Waals surface area contributed by atoms with Gasteiger partial charge in [-0.1, -0.05) is 18.9 Å². The molecule has 164 valence electrons. The summed E-state index contributed by atoms with van der Waals surface area (Å²) in [6.45, 7) is 5.73. The molecule has 4 aliphatic rings. The summed E-state index contributed by atoms with van der Waals surface area (Å²) in [5.74, 6) is 3.15. The van der Waals surface area contributed by atoms with Crippen LogP contribution in [0.5, 0.6) is 11.5 Å². The lowest BCUT2D eigenvalue weighted by atomic mass is 9.78. The molecule has 0 bridgehead atoms. The van der Waals surface area contributed by atoms with Gasteiger partial charge in [-0.05, 0) is 62.6 Å². The third kappa shape index (κ3) is 4.30. The van der Waals surface area contributed by atoms with Gasteiger partial charge in [0.25, 0.3) is 0 Å². The molecule has 1 N–H and O–H groups in total. The number of fused-ring (bicyclic) bond motifs is 1. The van der Waals surface area contributed by atoms with E-state index in [2.05, 4.69) is 15.9 Å². The Kier molecular flexibility index (Phi) is 5.63. The van der Waals surface area contributed by atoms with Crippen molar-refractivity contribution in [2.45, 2.75) is 57.0 Å². The molecule has 0 radical (unpaired) electrons. The van der Waals surface area contributed by atoms with Crippen LogP contribution < -0.4 is 14.4 Å². The molecule has 1 aromatic carbocycles. The zero-order chi connectivity index (χ0) is 20.6. The number of carbonyl (C=O) groups is 1. The first-order valence-corrected chi connectivity index (χ1v) is 11.7. The van der Waals surface area contributed by atoms with E-state index in [0.29, 0.717) is 32.0 Å². The van der Waals surface area contributed by atoms with Crippen molar-refractivity contribution in [1.29, 1.82) is 0 Å². The Labute approximate surface area is 179 Å². The number of hydrogen-bond acceptors (Lipinski definition) is 6. The molecule has 1 aromatic rings. The Bertz CT molecular complexity index is 762. The Morgan fingerprint density at radius 1 is 1.03 bits per heavy atom. The number of ether oxygens (including phenoxy) is 2. The Balaban J connectivity index is 1.02. The summed E-state index contributed by atoms with van der Waals surface area (Å²) >= 11 is 0. The predicted octanol–water partition coefficient (Wildman–Crippen LogP) is 3.22. The van der Waals surface area contributed by atoms with Crippen molar-refractivity contribution in [1.82, 2.24) is 4.90 Å². The van der Waals surface area contributed by atoms with Crippen LogP contribution in [0, 0.1) is 11.8 Å². The third-order valence-corrected chi connectivity index (χ3v) is 7.63. The molecule has 2 aliphatic carbocycles. The van der Waals surface area contributed by atoms with Gasteiger partial charge in [0.05, 0.1) is 5.69 Å². The van der Waals surface area contributed by atoms with Crippen molar-refractivity contribution in [3.63, 3.8) is 0 Å². The van der Waals surface area contributed by atoms with Crippen molar-refractivity contribution in [3.8, 4) is 11.5 Å². The van der Waals surface area contributed by atoms with Crippen LogP contribution in [0.4, 0.5) is 5.69 Å². The van der Waals surface area contributed by atoms with Crippen LogP contribution in [0.2, 0.25) is 0 Å². The molecule has 0 amide bonds. The number of piperazine rings is 1. The first-order valence-electron chi connectivity index (χ1n) is 11.7. The molecule has 2 heterocycles. The molecular weight excluding hydrogens is 380 g/mol. The van der Waals surface area contributed by atoms with Crippen molar-refractivity contribution in [2.24, 2.45) is 11.8 Å². The second kappa shape index (κ2) is 8.39. The minimum Gasteiger partial charge on any atom is -0.454 e. The zero-order valence-electron chi connectivity index (χ0n) is 17.9. The highest BCUT2D eigenvalue weighted by Gasteiger charge is 2.47. The van der Waals surface area contributed by atoms with Gasteiger partial charge in [0.15, 0.2) is 17.3 Å². The molecule has 2 saturated carbocycles. The van der Waals surface area contributed by atoms with E-state index < -0.39 is 5.60 Å². The summed E-state index contributed by atoms with van der Waals surface area (Å²) < 4.78 is 11.2. The lowest BCUT2D eigenvalue weighted by molar-refractivity contribution is -0.130. The van der Waals surface area contributed by atoms with E-state index in [1.807, 2.05) is 12.1 Å². The molecule has 0 aromatic heterocycles. The van der Waals surface area contributed by atoms with Crippen molar-refractivity contribution in [3.05, 3.63) is 18.2 Å². The second-order valence-corrected chi connectivity index (χ2v) is 9.67. The SMILES string of the molecule is O=C(CC1CCC(CCN2CCN(c3cccc4c3OCO4)CC2)CC1)C1(O)CC1. The number of rotatable bonds is 7. The third-order valence-electron chi connectivity index (χ3n) is 7.63. The quantitative estimate of drug-likeness (QED) is 0.739. The summed E-state index contributed by atoms with van der Waals surface area (Å²) in [4.78, 5) is 17.1. The van der Waals surface area contributed by atoms with Crippen molar-refractivity contribution in [2.75, 3.05) is 44.4 Å². The second-order valence-electron chi connectivity index (χ2n) is 9.67. The molecule has 5 rings (SSSR count). The average Bonchev–Trinajstić information content (AvgIpc) is 3.34. The van der Waals surface area contributed by atoms with E-state index in [9.17, 15) is 9.90 Å². The van der Waals surface area contributed by atoms with Crippen LogP contribution in [0.25, 0.3) is 0 Å². The van der Waals surface area contributed by atoms with E-state index in [4.69, 9.17) is 9.47 Å². The maximum Gasteiger partial charge on any atom is 0.231 e. The van der Waals surface area contributed by atoms with Crippen molar-refractivity contribution < 1.29 is 19.4 Å². The number of hydrogen-bond donors (Lipinski definition) is 1. The number of carbonyl (C=O) groups excluding carboxylic acids is 1. The fourth-order valence-electron chi connectivity index (χ4n) is 5.32. The highest BCUT2D eigenvalue weighted by Crippen LogP contribution is 2.42. The lowest BCUT2D eigenvalue weighted by Gasteiger charge is -2.37. The molecule has 2 aliphatic heterocycles. The minimum absolute atomic E-state index is 0.102. The normalized spacial score (nSPS) is 27.8. The largest absolute Gasteiger partial charge is 0.454 e. The van der Waals surface area contributed by atoms with E-state index in [1.54, 1.807) is 0 Å². The topological polar surface area (TPSA) is 62.2 Å². The van der Waals surface area contributed by atoms with Gasteiger partial charge in [0.2, 0.25) is 6.79 Å². The molecule has 0 unspecified atom stereocenters. The molecular formula is C24H34N2O4. The number of benzene rings is 1. The van der Waals surface area contributed by atoms with E-state index in [1.165, 1.54) is 25.8 Å². The molecule has 0 spiro atoms. The average molecular weight is 415 g/mol. The number of para-hydroxylation sites is 1. The monoisotopic (exact) mass is 414 g/mol. The fraction of sp³-hybridized carbons (Fsp3) is 0.708. The van der Waals surface area contributed by atoms with E-state index in [0.717, 1.165) is 62.1 Å². The summed E-state index contributed by atoms with van der Waals surface area (Å²) in [5, 5.41) is 9.97. The Morgan fingerprint density at radius 3 is 2.50 bits per heavy atom. The maximum absolute atomic E-state index is 12.1. The van der Waals surface area contributed by atoms with Gasteiger partial charge in [-0.25, -0.2) is 0 Å². The maximum atomic E-state index is 12.1. The van der Waals surface area contributed by atoms with Gasteiger partial charge in [0, 0.05) is 32.6 Å². The first kappa shape index (κ1) is 20.1. The number of anilines is 1. The highest BCUT2D eigenvalue weighted by molar-refractivity contribution is 5.89. The van der Waals surface area contributed by atoms with Crippen LogP contribution in [0.15, 0.2) is 18.2 Å². The Hall–Kier alpha value is -1.79. The van der Waals surface area contributed by atoms with Crippen LogP contribution >= 0.6 is 0 Å². The minimum atomic E-state index is -0.933. The van der Waals surface area contributed by atoms with Gasteiger partial charge in [-0.3, -0.25) is 9.69 Å². The summed E-state index contributed by atoms with van der Waals surface area (Å²) in [7, 11) is 0. The van der Waals surface area contributed by atoms with Crippen molar-refractivity contribution >= 4 is 11.5 Å². The van der Waals surface area contributed by atoms with Crippen LogP contribution in [0.3, 0.4) is 0 Å². The van der Waals surface area contributed by atoms with Crippen LogP contribution in [-0.2, 0) is 4.79 Å². The van der Waals surface area contributed by atoms with Crippen LogP contribution in [-0.4, -0.2) is 60.9 Å². The van der Waals surface area contributed by atoms with Gasteiger partial charge in [0.1, 0.15) is 5.60 Å². The smallest absolute Gasteiger partial charge is 0.231 e. The number of Topliss-reactive ketones (excluding diaryl/α,β-unsaturated/α-hetero) is 1. The van der Waals surface area contributed by atoms with Gasteiger partial charge in [-0.15, -0.1) is 0 Å². The standard InChI is InChI=1S/C24H34N2O4/c27-22(24(28)9-10-24)16-19-6-4-18(5-7-19)8-11-25-12-14-26(15-13-25)20-2-1-3-21-23(20)30-17-29-21/h1-3,18-19,28H,4-17H2. The number of nitrogens with zero attached hydrogens (tertiary/aromatic N) is 2. The molecule has 6 nitrogen and oxygen atoms in total. The van der Waals surface area contributed by atoms with Gasteiger partial charge >= 0.3 is 0 Å². The molecule has 30 heavy (non-hydrogen) atoms. The molecule has 0 atom stereocenters. The van der Waals surface area contributed by atoms with Crippen LogP contribution in [0.1, 0.15) is 51.4 Å². The number of ketones is 1.